The Kier molecular flexibility index (Phi) is 11.7. The number of amides is 1. The quantitative estimate of drug-likeness (QED) is 0.357. The number of aliphatic hydroxyl groups excluding tert-OH is 4. The summed E-state index contributed by atoms with van der Waals surface area (Å²) in [6, 6.07) is 0. The Hall–Kier alpha value is -0.690. The summed E-state index contributed by atoms with van der Waals surface area (Å²) >= 11 is 0. The summed E-state index contributed by atoms with van der Waals surface area (Å²) in [5.74, 6) is -1.04. The van der Waals surface area contributed by atoms with Crippen LogP contribution in [0.25, 0.3) is 0 Å². The van der Waals surface area contributed by atoms with Crippen LogP contribution in [0.2, 0.25) is 0 Å². The van der Waals surface area contributed by atoms with E-state index in [0.29, 0.717) is 6.61 Å². The Morgan fingerprint density at radius 3 is 1.93 bits per heavy atom. The molecule has 0 bridgehead atoms. The summed E-state index contributed by atoms with van der Waals surface area (Å²) in [7, 11) is 0. The molecular weight excluding hydrogens is 190 g/mol. The van der Waals surface area contributed by atoms with Crippen molar-refractivity contribution < 1.29 is 25.2 Å². The average molecular weight is 209 g/mol. The van der Waals surface area contributed by atoms with E-state index in [4.69, 9.17) is 20.4 Å². The van der Waals surface area contributed by atoms with Gasteiger partial charge >= 0.3 is 0 Å². The summed E-state index contributed by atoms with van der Waals surface area (Å²) in [4.78, 5) is 10.0. The van der Waals surface area contributed by atoms with Gasteiger partial charge in [0.25, 0.3) is 0 Å². The molecule has 0 rings (SSSR count). The number of aliphatic hydroxyl groups is 4. The maximum Gasteiger partial charge on any atom is 0.249 e. The van der Waals surface area contributed by atoms with E-state index < -0.39 is 24.7 Å². The first kappa shape index (κ1) is 15.8. The maximum absolute atomic E-state index is 10.0. The Morgan fingerprint density at radius 1 is 1.36 bits per heavy atom. The Morgan fingerprint density at radius 2 is 1.86 bits per heavy atom. The molecule has 0 spiro atoms. The zero-order valence-corrected chi connectivity index (χ0v) is 8.26. The van der Waals surface area contributed by atoms with Crippen LogP contribution in [-0.4, -0.2) is 51.8 Å². The van der Waals surface area contributed by atoms with Gasteiger partial charge in [-0.05, 0) is 6.42 Å². The predicted molar refractivity (Wildman–Crippen MR) is 50.3 cm³/mol. The van der Waals surface area contributed by atoms with Crippen LogP contribution in [0.3, 0.4) is 0 Å². The van der Waals surface area contributed by atoms with Gasteiger partial charge in [0, 0.05) is 6.61 Å². The molecule has 6 nitrogen and oxygen atoms in total. The van der Waals surface area contributed by atoms with Gasteiger partial charge in [-0.2, -0.15) is 0 Å². The third-order valence-corrected chi connectivity index (χ3v) is 1.35. The molecule has 0 saturated heterocycles. The second-order valence-electron chi connectivity index (χ2n) is 2.67. The fourth-order valence-corrected chi connectivity index (χ4v) is 0.448. The van der Waals surface area contributed by atoms with Gasteiger partial charge in [-0.25, -0.2) is 0 Å². The van der Waals surface area contributed by atoms with E-state index >= 15 is 0 Å². The first-order chi connectivity index (χ1) is 6.51. The van der Waals surface area contributed by atoms with Crippen molar-refractivity contribution in [1.29, 1.82) is 0 Å². The standard InChI is InChI=1S/C4H9NO4.C4H10O/c5-4(9)3(8)2(7)1-6;1-2-3-4-5/h2-3,6-8H,1H2,(H2,5,9);5H,2-4H2,1H3/t2-,3-;/m1./s1. The topological polar surface area (TPSA) is 124 Å². The zero-order chi connectivity index (χ0) is 11.6. The van der Waals surface area contributed by atoms with Gasteiger partial charge < -0.3 is 26.2 Å². The van der Waals surface area contributed by atoms with Gasteiger partial charge in [0.05, 0.1) is 6.61 Å². The van der Waals surface area contributed by atoms with E-state index in [1.165, 1.54) is 0 Å². The lowest BCUT2D eigenvalue weighted by atomic mass is 10.2. The van der Waals surface area contributed by atoms with Crippen LogP contribution in [0.15, 0.2) is 0 Å². The van der Waals surface area contributed by atoms with E-state index in [0.717, 1.165) is 12.8 Å². The molecule has 0 heterocycles. The Labute approximate surface area is 83.0 Å². The molecule has 86 valence electrons. The highest BCUT2D eigenvalue weighted by Crippen LogP contribution is 1.89. The van der Waals surface area contributed by atoms with Crippen molar-refractivity contribution in [3.8, 4) is 0 Å². The maximum atomic E-state index is 10.0. The lowest BCUT2D eigenvalue weighted by Gasteiger charge is -2.10. The Balaban J connectivity index is 0. The lowest BCUT2D eigenvalue weighted by Crippen LogP contribution is -2.40. The minimum absolute atomic E-state index is 0.344. The molecule has 0 fully saturated rings. The normalized spacial score (nSPS) is 13.8. The number of carbonyl (C=O) groups is 1. The fourth-order valence-electron chi connectivity index (χ4n) is 0.448. The summed E-state index contributed by atoms with van der Waals surface area (Å²) < 4.78 is 0. The number of hydrogen-bond acceptors (Lipinski definition) is 5. The molecule has 6 N–H and O–H groups in total. The number of unbranched alkanes of at least 4 members (excludes halogenated alkanes) is 1. The van der Waals surface area contributed by atoms with Gasteiger partial charge in [0.1, 0.15) is 6.10 Å². The van der Waals surface area contributed by atoms with Crippen LogP contribution in [0, 0.1) is 0 Å². The zero-order valence-electron chi connectivity index (χ0n) is 8.26. The number of carbonyl (C=O) groups excluding carboxylic acids is 1. The largest absolute Gasteiger partial charge is 0.396 e. The van der Waals surface area contributed by atoms with E-state index in [2.05, 4.69) is 12.7 Å². The van der Waals surface area contributed by atoms with Gasteiger partial charge in [-0.1, -0.05) is 13.3 Å². The number of rotatable bonds is 5. The summed E-state index contributed by atoms with van der Waals surface area (Å²) in [6.45, 7) is 1.72. The van der Waals surface area contributed by atoms with Crippen molar-refractivity contribution in [3.05, 3.63) is 0 Å². The highest BCUT2D eigenvalue weighted by Gasteiger charge is 2.19. The molecule has 0 aromatic heterocycles. The van der Waals surface area contributed by atoms with E-state index in [1.807, 2.05) is 0 Å². The molecule has 2 atom stereocenters. The molecule has 1 amide bonds. The van der Waals surface area contributed by atoms with E-state index in [1.54, 1.807) is 0 Å². The van der Waals surface area contributed by atoms with Crippen molar-refractivity contribution in [2.24, 2.45) is 5.73 Å². The number of nitrogens with two attached hydrogens (primary N) is 1. The second kappa shape index (κ2) is 10.4. The first-order valence-corrected chi connectivity index (χ1v) is 4.38. The van der Waals surface area contributed by atoms with Crippen molar-refractivity contribution in [3.63, 3.8) is 0 Å². The number of hydrogen-bond donors (Lipinski definition) is 5. The van der Waals surface area contributed by atoms with Crippen LogP contribution in [0.1, 0.15) is 19.8 Å². The van der Waals surface area contributed by atoms with Crippen molar-refractivity contribution >= 4 is 5.91 Å². The third-order valence-electron chi connectivity index (χ3n) is 1.35. The molecule has 0 aliphatic carbocycles. The predicted octanol–water partition coefficient (Wildman–Crippen LogP) is -2.04. The minimum atomic E-state index is -1.67. The molecule has 6 heteroatoms. The van der Waals surface area contributed by atoms with Crippen LogP contribution in [0.4, 0.5) is 0 Å². The SMILES string of the molecule is CCCCO.NC(=O)[C@H](O)[C@H](O)CO. The molecule has 0 aromatic carbocycles. The molecular formula is C8H19NO5. The van der Waals surface area contributed by atoms with Gasteiger partial charge in [-0.3, -0.25) is 4.79 Å². The highest BCUT2D eigenvalue weighted by atomic mass is 16.4. The second-order valence-corrected chi connectivity index (χ2v) is 2.67. The fraction of sp³-hybridized carbons (Fsp3) is 0.875. The highest BCUT2D eigenvalue weighted by molar-refractivity contribution is 5.79. The summed E-state index contributed by atoms with van der Waals surface area (Å²) in [6.07, 6.45) is -1.10. The van der Waals surface area contributed by atoms with Gasteiger partial charge in [-0.15, -0.1) is 0 Å². The van der Waals surface area contributed by atoms with Crippen LogP contribution < -0.4 is 5.73 Å². The molecule has 0 radical (unpaired) electrons. The molecule has 0 unspecified atom stereocenters. The van der Waals surface area contributed by atoms with Crippen LogP contribution in [0.5, 0.6) is 0 Å². The monoisotopic (exact) mass is 209 g/mol. The van der Waals surface area contributed by atoms with Crippen molar-refractivity contribution in [2.75, 3.05) is 13.2 Å². The van der Waals surface area contributed by atoms with Gasteiger partial charge in [0.15, 0.2) is 6.10 Å². The average Bonchev–Trinajstić information content (AvgIpc) is 2.17. The number of primary amides is 1. The molecule has 0 aliphatic rings. The van der Waals surface area contributed by atoms with E-state index in [-0.39, 0.29) is 0 Å². The Bertz CT molecular complexity index is 140. The lowest BCUT2D eigenvalue weighted by molar-refractivity contribution is -0.133. The molecule has 0 aromatic rings. The smallest absolute Gasteiger partial charge is 0.249 e. The van der Waals surface area contributed by atoms with Gasteiger partial charge in [0.2, 0.25) is 5.91 Å². The van der Waals surface area contributed by atoms with Crippen molar-refractivity contribution in [2.45, 2.75) is 32.0 Å². The minimum Gasteiger partial charge on any atom is -0.396 e. The first-order valence-electron chi connectivity index (χ1n) is 4.38. The molecule has 14 heavy (non-hydrogen) atoms. The molecule has 0 saturated carbocycles. The summed E-state index contributed by atoms with van der Waals surface area (Å²) in [5.41, 5.74) is 4.55. The van der Waals surface area contributed by atoms with E-state index in [9.17, 15) is 4.79 Å². The molecule has 0 aliphatic heterocycles. The third kappa shape index (κ3) is 9.40. The summed E-state index contributed by atoms with van der Waals surface area (Å²) in [5, 5.41) is 33.2. The van der Waals surface area contributed by atoms with Crippen molar-refractivity contribution in [1.82, 2.24) is 0 Å². The van der Waals surface area contributed by atoms with Crippen LogP contribution in [-0.2, 0) is 4.79 Å². The van der Waals surface area contributed by atoms with Crippen LogP contribution >= 0.6 is 0 Å².